The quantitative estimate of drug-likeness (QED) is 0.868. The fraction of sp³-hybridized carbons (Fsp3) is 0.562. The lowest BCUT2D eigenvalue weighted by atomic mass is 9.91. The summed E-state index contributed by atoms with van der Waals surface area (Å²) >= 11 is 0. The number of imidazole rings is 1. The van der Waals surface area contributed by atoms with Gasteiger partial charge < -0.3 is 14.6 Å². The Morgan fingerprint density at radius 3 is 2.87 bits per heavy atom. The van der Waals surface area contributed by atoms with Crippen LogP contribution in [0.25, 0.3) is 0 Å². The van der Waals surface area contributed by atoms with Crippen LogP contribution in [-0.4, -0.2) is 54.4 Å². The Hall–Kier alpha value is -2.15. The number of rotatable bonds is 5. The highest BCUT2D eigenvalue weighted by atomic mass is 16.3. The molecule has 3 heterocycles. The third kappa shape index (κ3) is 3.61. The summed E-state index contributed by atoms with van der Waals surface area (Å²) < 4.78 is 1.88. The minimum atomic E-state index is -0.781. The van der Waals surface area contributed by atoms with Crippen molar-refractivity contribution in [3.05, 3.63) is 36.2 Å². The first-order valence-corrected chi connectivity index (χ1v) is 8.11. The Kier molecular flexibility index (Phi) is 4.47. The lowest BCUT2D eigenvalue weighted by molar-refractivity contribution is -0.0293. The Bertz CT molecular complexity index is 641. The van der Waals surface area contributed by atoms with Crippen LogP contribution in [0.1, 0.15) is 42.4 Å². The number of nitrogens with one attached hydrogen (secondary N) is 1. The van der Waals surface area contributed by atoms with Gasteiger partial charge >= 0.3 is 0 Å². The second-order valence-corrected chi connectivity index (χ2v) is 6.28. The van der Waals surface area contributed by atoms with Gasteiger partial charge in [0.05, 0.1) is 18.5 Å². The second kappa shape index (κ2) is 6.54. The number of aryl methyl sites for hydroxylation is 1. The Morgan fingerprint density at radius 2 is 2.22 bits per heavy atom. The van der Waals surface area contributed by atoms with Gasteiger partial charge in [0.1, 0.15) is 5.69 Å². The van der Waals surface area contributed by atoms with Crippen molar-refractivity contribution in [3.8, 4) is 0 Å². The average molecular weight is 317 g/mol. The molecule has 0 aromatic carbocycles. The molecule has 2 aromatic heterocycles. The lowest BCUT2D eigenvalue weighted by Gasteiger charge is -2.38. The SMILES string of the molecule is CCCc1cc(C(=O)N2CCC(O)(Cn3ccnc3)CC2)n[nH]1. The van der Waals surface area contributed by atoms with E-state index >= 15 is 0 Å². The third-order valence-corrected chi connectivity index (χ3v) is 4.39. The van der Waals surface area contributed by atoms with Crippen molar-refractivity contribution in [1.82, 2.24) is 24.6 Å². The summed E-state index contributed by atoms with van der Waals surface area (Å²) in [6.07, 6.45) is 8.27. The van der Waals surface area contributed by atoms with E-state index in [1.807, 2.05) is 16.8 Å². The van der Waals surface area contributed by atoms with Crippen LogP contribution in [0, 0.1) is 0 Å². The number of nitrogens with zero attached hydrogens (tertiary/aromatic N) is 4. The van der Waals surface area contributed by atoms with Crippen LogP contribution in [0.2, 0.25) is 0 Å². The fourth-order valence-corrected chi connectivity index (χ4v) is 3.03. The number of aliphatic hydroxyl groups is 1. The van der Waals surface area contributed by atoms with Crippen LogP contribution < -0.4 is 0 Å². The highest BCUT2D eigenvalue weighted by Gasteiger charge is 2.34. The zero-order valence-corrected chi connectivity index (χ0v) is 13.4. The second-order valence-electron chi connectivity index (χ2n) is 6.28. The lowest BCUT2D eigenvalue weighted by Crippen LogP contribution is -2.48. The highest BCUT2D eigenvalue weighted by molar-refractivity contribution is 5.92. The number of carbonyl (C=O) groups is 1. The Labute approximate surface area is 135 Å². The van der Waals surface area contributed by atoms with E-state index in [-0.39, 0.29) is 5.91 Å². The molecule has 2 N–H and O–H groups in total. The van der Waals surface area contributed by atoms with Crippen molar-refractivity contribution in [2.75, 3.05) is 13.1 Å². The van der Waals surface area contributed by atoms with E-state index in [9.17, 15) is 9.90 Å². The van der Waals surface area contributed by atoms with E-state index < -0.39 is 5.60 Å². The topological polar surface area (TPSA) is 87.0 Å². The van der Waals surface area contributed by atoms with Crippen molar-refractivity contribution in [3.63, 3.8) is 0 Å². The number of amides is 1. The van der Waals surface area contributed by atoms with Gasteiger partial charge in [0.25, 0.3) is 5.91 Å². The largest absolute Gasteiger partial charge is 0.388 e. The molecule has 124 valence electrons. The average Bonchev–Trinajstić information content (AvgIpc) is 3.19. The van der Waals surface area contributed by atoms with E-state index in [1.54, 1.807) is 17.4 Å². The smallest absolute Gasteiger partial charge is 0.274 e. The first-order chi connectivity index (χ1) is 11.1. The molecule has 1 amide bonds. The van der Waals surface area contributed by atoms with Gasteiger partial charge in [-0.3, -0.25) is 9.89 Å². The summed E-state index contributed by atoms with van der Waals surface area (Å²) in [6, 6.07) is 1.83. The summed E-state index contributed by atoms with van der Waals surface area (Å²) in [6.45, 7) is 3.69. The number of aromatic amines is 1. The third-order valence-electron chi connectivity index (χ3n) is 4.39. The van der Waals surface area contributed by atoms with Gasteiger partial charge in [0.15, 0.2) is 0 Å². The summed E-state index contributed by atoms with van der Waals surface area (Å²) in [5, 5.41) is 17.7. The molecule has 7 nitrogen and oxygen atoms in total. The van der Waals surface area contributed by atoms with Crippen LogP contribution in [0.5, 0.6) is 0 Å². The normalized spacial score (nSPS) is 17.4. The van der Waals surface area contributed by atoms with Gasteiger partial charge in [-0.1, -0.05) is 13.3 Å². The van der Waals surface area contributed by atoms with Crippen molar-refractivity contribution < 1.29 is 9.90 Å². The van der Waals surface area contributed by atoms with Crippen LogP contribution in [-0.2, 0) is 13.0 Å². The maximum atomic E-state index is 12.5. The van der Waals surface area contributed by atoms with E-state index in [2.05, 4.69) is 22.1 Å². The maximum Gasteiger partial charge on any atom is 0.274 e. The van der Waals surface area contributed by atoms with Gasteiger partial charge in [-0.05, 0) is 25.3 Å². The fourth-order valence-electron chi connectivity index (χ4n) is 3.03. The highest BCUT2D eigenvalue weighted by Crippen LogP contribution is 2.25. The molecule has 0 atom stereocenters. The monoisotopic (exact) mass is 317 g/mol. The molecule has 1 fully saturated rings. The number of hydrogen-bond acceptors (Lipinski definition) is 4. The molecule has 0 radical (unpaired) electrons. The predicted octanol–water partition coefficient (Wildman–Crippen LogP) is 1.23. The molecule has 0 aliphatic carbocycles. The molecular formula is C16H23N5O2. The Morgan fingerprint density at radius 1 is 1.43 bits per heavy atom. The molecule has 0 spiro atoms. The van der Waals surface area contributed by atoms with E-state index in [0.717, 1.165) is 18.5 Å². The number of piperidine rings is 1. The molecule has 0 saturated carbocycles. The Balaban J connectivity index is 1.58. The number of carbonyl (C=O) groups excluding carboxylic acids is 1. The van der Waals surface area contributed by atoms with Gasteiger partial charge in [0, 0.05) is 31.2 Å². The molecule has 1 aliphatic rings. The first-order valence-electron chi connectivity index (χ1n) is 8.11. The molecule has 3 rings (SSSR count). The standard InChI is InChI=1S/C16H23N5O2/c1-2-3-13-10-14(19-18-13)15(22)21-7-4-16(23,5-8-21)11-20-9-6-17-12-20/h6,9-10,12,23H,2-5,7-8,11H2,1H3,(H,18,19). The predicted molar refractivity (Wildman–Crippen MR) is 84.9 cm³/mol. The molecule has 1 saturated heterocycles. The first kappa shape index (κ1) is 15.7. The van der Waals surface area contributed by atoms with Crippen LogP contribution in [0.4, 0.5) is 0 Å². The van der Waals surface area contributed by atoms with Crippen molar-refractivity contribution in [1.29, 1.82) is 0 Å². The number of aromatic nitrogens is 4. The minimum absolute atomic E-state index is 0.0618. The van der Waals surface area contributed by atoms with E-state index in [1.165, 1.54) is 0 Å². The van der Waals surface area contributed by atoms with Crippen LogP contribution >= 0.6 is 0 Å². The summed E-state index contributed by atoms with van der Waals surface area (Å²) in [4.78, 5) is 18.3. The van der Waals surface area contributed by atoms with Gasteiger partial charge in [0.2, 0.25) is 0 Å². The van der Waals surface area contributed by atoms with Crippen molar-refractivity contribution in [2.24, 2.45) is 0 Å². The van der Waals surface area contributed by atoms with Crippen LogP contribution in [0.15, 0.2) is 24.8 Å². The molecule has 0 bridgehead atoms. The van der Waals surface area contributed by atoms with E-state index in [4.69, 9.17) is 0 Å². The molecule has 2 aromatic rings. The van der Waals surface area contributed by atoms with E-state index in [0.29, 0.717) is 38.2 Å². The van der Waals surface area contributed by atoms with Gasteiger partial charge in [-0.15, -0.1) is 0 Å². The number of likely N-dealkylation sites (tertiary alicyclic amines) is 1. The number of H-pyrrole nitrogens is 1. The molecule has 7 heteroatoms. The van der Waals surface area contributed by atoms with Crippen molar-refractivity contribution >= 4 is 5.91 Å². The van der Waals surface area contributed by atoms with Gasteiger partial charge in [-0.2, -0.15) is 5.10 Å². The zero-order chi connectivity index (χ0) is 16.3. The molecule has 0 unspecified atom stereocenters. The summed E-state index contributed by atoms with van der Waals surface area (Å²) in [5.74, 6) is -0.0618. The zero-order valence-electron chi connectivity index (χ0n) is 13.4. The number of hydrogen-bond donors (Lipinski definition) is 2. The summed E-state index contributed by atoms with van der Waals surface area (Å²) in [5.41, 5.74) is 0.675. The maximum absolute atomic E-state index is 12.5. The summed E-state index contributed by atoms with van der Waals surface area (Å²) in [7, 11) is 0. The molecular weight excluding hydrogens is 294 g/mol. The minimum Gasteiger partial charge on any atom is -0.388 e. The molecule has 1 aliphatic heterocycles. The molecule has 23 heavy (non-hydrogen) atoms. The van der Waals surface area contributed by atoms with Crippen LogP contribution in [0.3, 0.4) is 0 Å². The van der Waals surface area contributed by atoms with Gasteiger partial charge in [-0.25, -0.2) is 4.98 Å². The van der Waals surface area contributed by atoms with Crippen molar-refractivity contribution in [2.45, 2.75) is 44.8 Å².